The van der Waals surface area contributed by atoms with Crippen LogP contribution in [0.2, 0.25) is 0 Å². The molecule has 120 valence electrons. The fourth-order valence-electron chi connectivity index (χ4n) is 4.17. The van der Waals surface area contributed by atoms with Crippen LogP contribution < -0.4 is 5.32 Å². The van der Waals surface area contributed by atoms with Gasteiger partial charge >= 0.3 is 0 Å². The van der Waals surface area contributed by atoms with Crippen molar-refractivity contribution in [3.8, 4) is 0 Å². The van der Waals surface area contributed by atoms with Gasteiger partial charge in [0.15, 0.2) is 0 Å². The summed E-state index contributed by atoms with van der Waals surface area (Å²) >= 11 is 0. The smallest absolute Gasteiger partial charge is 0.237 e. The summed E-state index contributed by atoms with van der Waals surface area (Å²) in [6, 6.07) is 0.295. The number of rotatable bonds is 5. The Morgan fingerprint density at radius 2 is 1.76 bits per heavy atom. The lowest BCUT2D eigenvalue weighted by atomic mass is 9.95. The molecule has 1 aliphatic heterocycles. The fourth-order valence-corrected chi connectivity index (χ4v) is 4.17. The Morgan fingerprint density at radius 1 is 1.05 bits per heavy atom. The van der Waals surface area contributed by atoms with Crippen molar-refractivity contribution in [3.05, 3.63) is 0 Å². The second-order valence-electron chi connectivity index (χ2n) is 7.22. The van der Waals surface area contributed by atoms with Crippen LogP contribution >= 0.6 is 0 Å². The van der Waals surface area contributed by atoms with Crippen LogP contribution in [-0.4, -0.2) is 47.7 Å². The number of nitrogens with one attached hydrogen (secondary N) is 1. The zero-order valence-corrected chi connectivity index (χ0v) is 13.1. The molecule has 4 nitrogen and oxygen atoms in total. The third-order valence-corrected chi connectivity index (χ3v) is 5.59. The minimum Gasteiger partial charge on any atom is -0.396 e. The first kappa shape index (κ1) is 15.3. The monoisotopic (exact) mass is 294 g/mol. The molecule has 0 aromatic heterocycles. The van der Waals surface area contributed by atoms with Crippen LogP contribution in [0.1, 0.15) is 57.8 Å². The van der Waals surface area contributed by atoms with Crippen molar-refractivity contribution >= 4 is 5.91 Å². The van der Waals surface area contributed by atoms with Crippen LogP contribution in [0.5, 0.6) is 0 Å². The van der Waals surface area contributed by atoms with Gasteiger partial charge in [0.1, 0.15) is 0 Å². The van der Waals surface area contributed by atoms with Crippen molar-refractivity contribution in [2.45, 2.75) is 69.9 Å². The van der Waals surface area contributed by atoms with Crippen molar-refractivity contribution in [1.29, 1.82) is 0 Å². The molecule has 2 N–H and O–H groups in total. The number of likely N-dealkylation sites (tertiary alicyclic amines) is 1. The lowest BCUT2D eigenvalue weighted by Crippen LogP contribution is -2.52. The lowest BCUT2D eigenvalue weighted by molar-refractivity contribution is -0.128. The highest BCUT2D eigenvalue weighted by Gasteiger charge is 2.41. The van der Waals surface area contributed by atoms with Crippen LogP contribution in [-0.2, 0) is 4.79 Å². The molecule has 0 bridgehead atoms. The Bertz CT molecular complexity index is 351. The van der Waals surface area contributed by atoms with Gasteiger partial charge in [-0.05, 0) is 57.5 Å². The summed E-state index contributed by atoms with van der Waals surface area (Å²) in [6.07, 6.45) is 10.6. The molecule has 0 radical (unpaired) electrons. The molecule has 1 heterocycles. The number of hydrogen-bond donors (Lipinski definition) is 2. The molecule has 0 aromatic carbocycles. The van der Waals surface area contributed by atoms with E-state index in [1.54, 1.807) is 0 Å². The first-order chi connectivity index (χ1) is 10.3. The Morgan fingerprint density at radius 3 is 2.43 bits per heavy atom. The van der Waals surface area contributed by atoms with Crippen LogP contribution in [0.25, 0.3) is 0 Å². The van der Waals surface area contributed by atoms with Gasteiger partial charge in [0.05, 0.1) is 6.04 Å². The lowest BCUT2D eigenvalue weighted by Gasteiger charge is -2.31. The topological polar surface area (TPSA) is 52.6 Å². The van der Waals surface area contributed by atoms with Gasteiger partial charge in [0.2, 0.25) is 5.91 Å². The van der Waals surface area contributed by atoms with Crippen LogP contribution in [0.3, 0.4) is 0 Å². The molecule has 3 aliphatic rings. The van der Waals surface area contributed by atoms with Crippen LogP contribution in [0, 0.1) is 11.8 Å². The number of hydrogen-bond acceptors (Lipinski definition) is 3. The van der Waals surface area contributed by atoms with Gasteiger partial charge in [-0.25, -0.2) is 0 Å². The maximum atomic E-state index is 12.8. The molecular formula is C17H30N2O2. The van der Waals surface area contributed by atoms with Gasteiger partial charge in [-0.3, -0.25) is 9.69 Å². The summed E-state index contributed by atoms with van der Waals surface area (Å²) in [5.41, 5.74) is 0. The molecule has 3 rings (SSSR count). The minimum atomic E-state index is 0.107. The highest BCUT2D eigenvalue weighted by Crippen LogP contribution is 2.37. The molecule has 21 heavy (non-hydrogen) atoms. The van der Waals surface area contributed by atoms with E-state index in [-0.39, 0.29) is 30.5 Å². The van der Waals surface area contributed by atoms with Crippen LogP contribution in [0.4, 0.5) is 0 Å². The van der Waals surface area contributed by atoms with E-state index in [0.29, 0.717) is 5.92 Å². The third-order valence-electron chi connectivity index (χ3n) is 5.59. The van der Waals surface area contributed by atoms with Gasteiger partial charge in [0.25, 0.3) is 0 Å². The maximum Gasteiger partial charge on any atom is 0.237 e. The van der Waals surface area contributed by atoms with E-state index in [1.807, 2.05) is 0 Å². The average Bonchev–Trinajstić information content (AvgIpc) is 3.21. The summed E-state index contributed by atoms with van der Waals surface area (Å²) in [5, 5.41) is 12.9. The molecule has 3 fully saturated rings. The highest BCUT2D eigenvalue weighted by molar-refractivity contribution is 5.82. The largest absolute Gasteiger partial charge is 0.396 e. The molecule has 3 atom stereocenters. The summed E-state index contributed by atoms with van der Waals surface area (Å²) in [6.45, 7) is 2.38. The van der Waals surface area contributed by atoms with E-state index in [0.717, 1.165) is 25.9 Å². The van der Waals surface area contributed by atoms with E-state index in [2.05, 4.69) is 10.2 Å². The van der Waals surface area contributed by atoms with E-state index in [9.17, 15) is 9.90 Å². The number of carbonyl (C=O) groups is 1. The summed E-state index contributed by atoms with van der Waals surface area (Å²) < 4.78 is 0. The number of aliphatic hydroxyl groups is 1. The number of amides is 1. The number of aliphatic hydroxyl groups excluding tert-OH is 1. The van der Waals surface area contributed by atoms with Crippen LogP contribution in [0.15, 0.2) is 0 Å². The molecular weight excluding hydrogens is 264 g/mol. The third kappa shape index (κ3) is 3.78. The van der Waals surface area contributed by atoms with E-state index in [4.69, 9.17) is 0 Å². The van der Waals surface area contributed by atoms with Crippen molar-refractivity contribution in [1.82, 2.24) is 10.2 Å². The maximum absolute atomic E-state index is 12.8. The molecule has 0 aromatic rings. The summed E-state index contributed by atoms with van der Waals surface area (Å²) in [4.78, 5) is 15.2. The van der Waals surface area contributed by atoms with E-state index < -0.39 is 0 Å². The molecule has 0 unspecified atom stereocenters. The van der Waals surface area contributed by atoms with E-state index in [1.165, 1.54) is 44.9 Å². The highest BCUT2D eigenvalue weighted by atomic mass is 16.3. The van der Waals surface area contributed by atoms with Crippen molar-refractivity contribution in [2.24, 2.45) is 11.8 Å². The van der Waals surface area contributed by atoms with Gasteiger partial charge in [-0.15, -0.1) is 0 Å². The number of carbonyl (C=O) groups excluding carboxylic acids is 1. The zero-order valence-electron chi connectivity index (χ0n) is 13.1. The van der Waals surface area contributed by atoms with Gasteiger partial charge in [-0.2, -0.15) is 0 Å². The SMILES string of the molecule is O=C(N[C@@H]1CCCCC[C@@H]1CO)[C@@H](C1CC1)N1CCCC1. The molecule has 1 amide bonds. The minimum absolute atomic E-state index is 0.107. The molecule has 1 saturated heterocycles. The number of nitrogens with zero attached hydrogens (tertiary/aromatic N) is 1. The first-order valence-electron chi connectivity index (χ1n) is 8.95. The fraction of sp³-hybridized carbons (Fsp3) is 0.941. The molecule has 4 heteroatoms. The second kappa shape index (κ2) is 7.10. The normalized spacial score (nSPS) is 32.6. The summed E-state index contributed by atoms with van der Waals surface area (Å²) in [7, 11) is 0. The molecule has 2 saturated carbocycles. The average molecular weight is 294 g/mol. The molecule has 0 spiro atoms. The zero-order chi connectivity index (χ0) is 14.7. The predicted molar refractivity (Wildman–Crippen MR) is 82.9 cm³/mol. The quantitative estimate of drug-likeness (QED) is 0.762. The molecule has 2 aliphatic carbocycles. The van der Waals surface area contributed by atoms with Gasteiger partial charge < -0.3 is 10.4 Å². The standard InChI is InChI=1S/C17H30N2O2/c20-12-14-6-2-1-3-7-15(14)18-17(21)16(13-8-9-13)19-10-4-5-11-19/h13-16,20H,1-12H2,(H,18,21)/t14-,15-,16-/m1/s1. The predicted octanol–water partition coefficient (Wildman–Crippen LogP) is 1.92. The van der Waals surface area contributed by atoms with E-state index >= 15 is 0 Å². The Kier molecular flexibility index (Phi) is 5.17. The van der Waals surface area contributed by atoms with Crippen molar-refractivity contribution < 1.29 is 9.90 Å². The summed E-state index contributed by atoms with van der Waals surface area (Å²) in [5.74, 6) is 1.08. The Labute approximate surface area is 128 Å². The van der Waals surface area contributed by atoms with Crippen molar-refractivity contribution in [2.75, 3.05) is 19.7 Å². The Hall–Kier alpha value is -0.610. The Balaban J connectivity index is 1.62. The first-order valence-corrected chi connectivity index (χ1v) is 8.95. The second-order valence-corrected chi connectivity index (χ2v) is 7.22. The van der Waals surface area contributed by atoms with Gasteiger partial charge in [-0.1, -0.05) is 19.3 Å². The van der Waals surface area contributed by atoms with Crippen molar-refractivity contribution in [3.63, 3.8) is 0 Å². The van der Waals surface area contributed by atoms with Gasteiger partial charge in [0, 0.05) is 18.6 Å².